The fraction of sp³-hybridized carbons (Fsp3) is 0.938. The van der Waals surface area contributed by atoms with Crippen molar-refractivity contribution in [1.82, 2.24) is 15.1 Å². The predicted molar refractivity (Wildman–Crippen MR) is 86.5 cm³/mol. The van der Waals surface area contributed by atoms with Crippen LogP contribution >= 0.6 is 0 Å². The lowest BCUT2D eigenvalue weighted by atomic mass is 9.92. The number of hydrogen-bond donors (Lipinski definition) is 1. The van der Waals surface area contributed by atoms with Crippen LogP contribution in [0, 0.1) is 11.3 Å². The first-order valence-electron chi connectivity index (χ1n) is 8.03. The third-order valence-electron chi connectivity index (χ3n) is 4.12. The monoisotopic (exact) mass is 299 g/mol. The molecule has 0 bridgehead atoms. The summed E-state index contributed by atoms with van der Waals surface area (Å²) in [6.45, 7) is 16.1. The van der Waals surface area contributed by atoms with Crippen LogP contribution in [0.15, 0.2) is 0 Å². The Balaban J connectivity index is 2.43. The van der Waals surface area contributed by atoms with E-state index in [1.807, 2.05) is 7.05 Å². The molecule has 0 spiro atoms. The van der Waals surface area contributed by atoms with Crippen molar-refractivity contribution in [3.8, 4) is 0 Å². The van der Waals surface area contributed by atoms with Gasteiger partial charge in [-0.2, -0.15) is 0 Å². The Bertz CT molecular complexity index is 325. The van der Waals surface area contributed by atoms with Gasteiger partial charge in [0, 0.05) is 39.3 Å². The molecule has 0 aliphatic carbocycles. The molecule has 0 aromatic heterocycles. The third-order valence-corrected chi connectivity index (χ3v) is 4.12. The summed E-state index contributed by atoms with van der Waals surface area (Å²) in [6, 6.07) is 0.216. The zero-order valence-electron chi connectivity index (χ0n) is 14.6. The number of hydrogen-bond acceptors (Lipinski definition) is 3. The summed E-state index contributed by atoms with van der Waals surface area (Å²) < 4.78 is 5.38. The minimum Gasteiger partial charge on any atom is -0.379 e. The topological polar surface area (TPSA) is 44.8 Å². The van der Waals surface area contributed by atoms with Crippen LogP contribution in [0.2, 0.25) is 0 Å². The minimum atomic E-state index is 0.0197. The Hall–Kier alpha value is -0.810. The van der Waals surface area contributed by atoms with Crippen LogP contribution < -0.4 is 5.32 Å². The Morgan fingerprint density at radius 1 is 1.29 bits per heavy atom. The van der Waals surface area contributed by atoms with Crippen molar-refractivity contribution in [3.63, 3.8) is 0 Å². The van der Waals surface area contributed by atoms with Crippen LogP contribution in [-0.2, 0) is 4.74 Å². The zero-order chi connectivity index (χ0) is 16.0. The number of ether oxygens (including phenoxy) is 1. The molecule has 1 aliphatic rings. The maximum atomic E-state index is 12.2. The molecule has 1 atom stereocenters. The van der Waals surface area contributed by atoms with Crippen LogP contribution in [0.1, 0.15) is 34.6 Å². The molecule has 2 amide bonds. The summed E-state index contributed by atoms with van der Waals surface area (Å²) in [5.74, 6) is 0.448. The van der Waals surface area contributed by atoms with Crippen molar-refractivity contribution in [2.75, 3.05) is 46.4 Å². The molecule has 5 heteroatoms. The Labute approximate surface area is 130 Å². The van der Waals surface area contributed by atoms with Crippen LogP contribution in [0.5, 0.6) is 0 Å². The van der Waals surface area contributed by atoms with E-state index in [0.717, 1.165) is 39.4 Å². The van der Waals surface area contributed by atoms with Crippen LogP contribution in [-0.4, -0.2) is 68.3 Å². The first-order chi connectivity index (χ1) is 9.71. The van der Waals surface area contributed by atoms with Gasteiger partial charge in [0.1, 0.15) is 0 Å². The number of nitrogens with zero attached hydrogens (tertiary/aromatic N) is 2. The summed E-state index contributed by atoms with van der Waals surface area (Å²) in [6.07, 6.45) is 0. The number of rotatable bonds is 6. The highest BCUT2D eigenvalue weighted by atomic mass is 16.5. The van der Waals surface area contributed by atoms with E-state index in [4.69, 9.17) is 4.74 Å². The summed E-state index contributed by atoms with van der Waals surface area (Å²) in [4.78, 5) is 16.4. The molecule has 1 fully saturated rings. The fourth-order valence-corrected chi connectivity index (χ4v) is 2.60. The standard InChI is InChI=1S/C16H33N3O2/c1-13(2)14(3)17-15(20)18(6)11-16(4,5)12-19-7-9-21-10-8-19/h13-14H,7-12H2,1-6H3,(H,17,20)/t14-/m0/s1. The number of carbonyl (C=O) groups excluding carboxylic acids is 1. The van der Waals surface area contributed by atoms with Gasteiger partial charge in [0.15, 0.2) is 0 Å². The molecule has 1 rings (SSSR count). The lowest BCUT2D eigenvalue weighted by Crippen LogP contribution is -2.50. The van der Waals surface area contributed by atoms with Gasteiger partial charge in [0.05, 0.1) is 13.2 Å². The number of nitrogens with one attached hydrogen (secondary N) is 1. The Morgan fingerprint density at radius 2 is 1.86 bits per heavy atom. The Morgan fingerprint density at radius 3 is 2.38 bits per heavy atom. The maximum absolute atomic E-state index is 12.2. The average Bonchev–Trinajstić information content (AvgIpc) is 2.38. The molecular formula is C16H33N3O2. The minimum absolute atomic E-state index is 0.0197. The van der Waals surface area contributed by atoms with Gasteiger partial charge in [-0.15, -0.1) is 0 Å². The summed E-state index contributed by atoms with van der Waals surface area (Å²) in [5.41, 5.74) is 0.0739. The number of amides is 2. The molecule has 0 aromatic rings. The summed E-state index contributed by atoms with van der Waals surface area (Å²) in [7, 11) is 1.88. The number of morpholine rings is 1. The van der Waals surface area contributed by atoms with E-state index in [1.165, 1.54) is 0 Å². The first-order valence-corrected chi connectivity index (χ1v) is 8.03. The van der Waals surface area contributed by atoms with E-state index in [0.29, 0.717) is 5.92 Å². The van der Waals surface area contributed by atoms with Crippen LogP contribution in [0.3, 0.4) is 0 Å². The van der Waals surface area contributed by atoms with Crippen molar-refractivity contribution in [2.24, 2.45) is 11.3 Å². The van der Waals surface area contributed by atoms with E-state index in [9.17, 15) is 4.79 Å². The molecule has 0 unspecified atom stereocenters. The molecule has 21 heavy (non-hydrogen) atoms. The van der Waals surface area contributed by atoms with Crippen molar-refractivity contribution in [3.05, 3.63) is 0 Å². The second-order valence-electron chi connectivity index (χ2n) is 7.39. The van der Waals surface area contributed by atoms with Gasteiger partial charge in [-0.1, -0.05) is 27.7 Å². The second-order valence-corrected chi connectivity index (χ2v) is 7.39. The molecule has 124 valence electrons. The molecular weight excluding hydrogens is 266 g/mol. The van der Waals surface area contributed by atoms with Gasteiger partial charge in [0.2, 0.25) is 0 Å². The predicted octanol–water partition coefficient (Wildman–Crippen LogP) is 2.03. The van der Waals surface area contributed by atoms with Gasteiger partial charge in [-0.25, -0.2) is 4.79 Å². The SMILES string of the molecule is CC(C)[C@H](C)NC(=O)N(C)CC(C)(C)CN1CCOCC1. The molecule has 1 heterocycles. The lowest BCUT2D eigenvalue weighted by molar-refractivity contribution is 0.0179. The molecule has 0 radical (unpaired) electrons. The highest BCUT2D eigenvalue weighted by Gasteiger charge is 2.27. The normalized spacial score (nSPS) is 18.6. The van der Waals surface area contributed by atoms with Gasteiger partial charge >= 0.3 is 6.03 Å². The van der Waals surface area contributed by atoms with E-state index >= 15 is 0 Å². The number of urea groups is 1. The molecule has 1 N–H and O–H groups in total. The van der Waals surface area contributed by atoms with Crippen molar-refractivity contribution in [2.45, 2.75) is 40.7 Å². The van der Waals surface area contributed by atoms with E-state index in [-0.39, 0.29) is 17.5 Å². The molecule has 1 saturated heterocycles. The quantitative estimate of drug-likeness (QED) is 0.816. The van der Waals surface area contributed by atoms with Crippen LogP contribution in [0.4, 0.5) is 4.79 Å². The van der Waals surface area contributed by atoms with Gasteiger partial charge in [-0.3, -0.25) is 4.90 Å². The fourth-order valence-electron chi connectivity index (χ4n) is 2.60. The van der Waals surface area contributed by atoms with E-state index in [2.05, 4.69) is 44.8 Å². The maximum Gasteiger partial charge on any atom is 0.317 e. The highest BCUT2D eigenvalue weighted by Crippen LogP contribution is 2.19. The number of carbonyl (C=O) groups is 1. The zero-order valence-corrected chi connectivity index (χ0v) is 14.6. The summed E-state index contributed by atoms with van der Waals surface area (Å²) in [5, 5.41) is 3.06. The smallest absolute Gasteiger partial charge is 0.317 e. The van der Waals surface area contributed by atoms with Gasteiger partial charge in [-0.05, 0) is 18.3 Å². The first kappa shape index (κ1) is 18.2. The highest BCUT2D eigenvalue weighted by molar-refractivity contribution is 5.74. The van der Waals surface area contributed by atoms with Crippen molar-refractivity contribution < 1.29 is 9.53 Å². The molecule has 1 aliphatic heterocycles. The second kappa shape index (κ2) is 7.99. The largest absolute Gasteiger partial charge is 0.379 e. The molecule has 0 saturated carbocycles. The summed E-state index contributed by atoms with van der Waals surface area (Å²) >= 11 is 0. The van der Waals surface area contributed by atoms with Crippen molar-refractivity contribution >= 4 is 6.03 Å². The Kier molecular flexibility index (Phi) is 6.94. The average molecular weight is 299 g/mol. The van der Waals surface area contributed by atoms with Crippen LogP contribution in [0.25, 0.3) is 0 Å². The third kappa shape index (κ3) is 6.66. The van der Waals surface area contributed by atoms with E-state index < -0.39 is 0 Å². The molecule has 0 aromatic carbocycles. The van der Waals surface area contributed by atoms with Crippen molar-refractivity contribution in [1.29, 1.82) is 0 Å². The van der Waals surface area contributed by atoms with Gasteiger partial charge in [0.25, 0.3) is 0 Å². The lowest BCUT2D eigenvalue weighted by Gasteiger charge is -2.37. The van der Waals surface area contributed by atoms with E-state index in [1.54, 1.807) is 4.90 Å². The molecule has 5 nitrogen and oxygen atoms in total. The van der Waals surface area contributed by atoms with Gasteiger partial charge < -0.3 is 15.0 Å².